The van der Waals surface area contributed by atoms with E-state index >= 15 is 0 Å². The minimum atomic E-state index is -0.189. The Labute approximate surface area is 188 Å². The van der Waals surface area contributed by atoms with Crippen LogP contribution in [0.1, 0.15) is 104 Å². The van der Waals surface area contributed by atoms with E-state index in [0.29, 0.717) is 6.42 Å². The second kappa shape index (κ2) is 23.7. The van der Waals surface area contributed by atoms with Crippen LogP contribution in [0.4, 0.5) is 0 Å². The Morgan fingerprint density at radius 2 is 1.48 bits per heavy atom. The topological polar surface area (TPSA) is 63.3 Å². The summed E-state index contributed by atoms with van der Waals surface area (Å²) in [6.07, 6.45) is 19.3. The van der Waals surface area contributed by atoms with Gasteiger partial charge in [-0.15, -0.1) is 0 Å². The minimum Gasteiger partial charge on any atom is -1.00 e. The van der Waals surface area contributed by atoms with Crippen LogP contribution in [-0.4, -0.2) is 49.3 Å². The van der Waals surface area contributed by atoms with Gasteiger partial charge < -0.3 is 27.7 Å². The summed E-state index contributed by atoms with van der Waals surface area (Å²) in [5, 5.41) is 9.80. The number of rotatable bonds is 17. The number of quaternary nitrogens is 1. The molecule has 0 rings (SSSR count). The van der Waals surface area contributed by atoms with Gasteiger partial charge in [-0.25, -0.2) is 0 Å². The maximum atomic E-state index is 10.6. The molecule has 0 aliphatic rings. The number of amides is 1. The summed E-state index contributed by atoms with van der Waals surface area (Å²) < 4.78 is 1.09. The van der Waals surface area contributed by atoms with Gasteiger partial charge in [0, 0.05) is 6.42 Å². The monoisotopic (exact) mass is 434 g/mol. The lowest BCUT2D eigenvalue weighted by molar-refractivity contribution is -0.870. The SMILES string of the molecule is CCCCCCC(O)C/C=C\CCCCCCCC(N)=O.CCC[N+](C)(C)C.[Cl-]. The van der Waals surface area contributed by atoms with E-state index in [2.05, 4.69) is 47.1 Å². The molecule has 4 nitrogen and oxygen atoms in total. The molecule has 0 spiro atoms. The van der Waals surface area contributed by atoms with Crippen LogP contribution in [0, 0.1) is 0 Å². The first kappa shape index (κ1) is 33.1. The summed E-state index contributed by atoms with van der Waals surface area (Å²) in [6, 6.07) is 0. The van der Waals surface area contributed by atoms with Crippen molar-refractivity contribution >= 4 is 5.91 Å². The van der Waals surface area contributed by atoms with E-state index < -0.39 is 0 Å². The molecule has 5 heteroatoms. The van der Waals surface area contributed by atoms with Crippen LogP contribution in [0.25, 0.3) is 0 Å². The van der Waals surface area contributed by atoms with Crippen molar-refractivity contribution in [3.8, 4) is 0 Å². The van der Waals surface area contributed by atoms with Crippen LogP contribution >= 0.6 is 0 Å². The molecular weight excluding hydrogens is 384 g/mol. The first-order valence-electron chi connectivity index (χ1n) is 11.6. The third-order valence-electron chi connectivity index (χ3n) is 4.65. The van der Waals surface area contributed by atoms with Gasteiger partial charge in [-0.1, -0.05) is 70.9 Å². The number of carbonyl (C=O) groups excluding carboxylic acids is 1. The fraction of sp³-hybridized carbons (Fsp3) is 0.875. The number of halogens is 1. The van der Waals surface area contributed by atoms with Gasteiger partial charge in [0.2, 0.25) is 5.91 Å². The van der Waals surface area contributed by atoms with Gasteiger partial charge in [-0.3, -0.25) is 4.79 Å². The molecular formula is C24H51ClN2O2. The Kier molecular flexibility index (Phi) is 27.0. The van der Waals surface area contributed by atoms with Gasteiger partial charge in [-0.2, -0.15) is 0 Å². The van der Waals surface area contributed by atoms with Crippen molar-refractivity contribution in [2.75, 3.05) is 27.7 Å². The van der Waals surface area contributed by atoms with Crippen LogP contribution < -0.4 is 18.1 Å². The van der Waals surface area contributed by atoms with Crippen molar-refractivity contribution in [2.24, 2.45) is 5.73 Å². The molecule has 1 unspecified atom stereocenters. The fourth-order valence-corrected chi connectivity index (χ4v) is 3.06. The first-order valence-corrected chi connectivity index (χ1v) is 11.6. The van der Waals surface area contributed by atoms with Gasteiger partial charge >= 0.3 is 0 Å². The minimum absolute atomic E-state index is 0. The molecule has 0 aliphatic heterocycles. The largest absolute Gasteiger partial charge is 1.00 e. The van der Waals surface area contributed by atoms with Crippen molar-refractivity contribution in [1.29, 1.82) is 0 Å². The molecule has 0 saturated heterocycles. The lowest BCUT2D eigenvalue weighted by atomic mass is 10.1. The van der Waals surface area contributed by atoms with Crippen LogP contribution in [0.3, 0.4) is 0 Å². The van der Waals surface area contributed by atoms with Crippen LogP contribution in [0.2, 0.25) is 0 Å². The lowest BCUT2D eigenvalue weighted by Crippen LogP contribution is -3.00. The van der Waals surface area contributed by atoms with Crippen molar-refractivity contribution in [3.05, 3.63) is 12.2 Å². The Hall–Kier alpha value is -0.580. The van der Waals surface area contributed by atoms with Gasteiger partial charge in [-0.05, 0) is 38.5 Å². The maximum Gasteiger partial charge on any atom is 0.217 e. The molecule has 1 atom stereocenters. The molecule has 0 aromatic carbocycles. The Bertz CT molecular complexity index is 368. The summed E-state index contributed by atoms with van der Waals surface area (Å²) in [6.45, 7) is 5.69. The summed E-state index contributed by atoms with van der Waals surface area (Å²) in [5.41, 5.74) is 5.09. The number of carbonyl (C=O) groups is 1. The second-order valence-corrected chi connectivity index (χ2v) is 9.00. The number of aliphatic hydroxyl groups is 1. The molecule has 0 radical (unpaired) electrons. The highest BCUT2D eigenvalue weighted by molar-refractivity contribution is 5.73. The standard InChI is InChI=1S/C18H35NO2.C6H16N.ClH/c1-2-3-4-11-14-17(20)15-12-9-7-5-6-8-10-13-16-18(19)21;1-5-6-7(2,3)4;/h9,12,17,20H,2-8,10-11,13-16H2,1H3,(H2,19,21);5-6H2,1-4H3;1H/q;+1;/p-1/b12-9-;;. The molecule has 0 aromatic heterocycles. The zero-order valence-electron chi connectivity index (χ0n) is 20.1. The number of primary amides is 1. The number of aliphatic hydroxyl groups excluding tert-OH is 1. The predicted molar refractivity (Wildman–Crippen MR) is 123 cm³/mol. The van der Waals surface area contributed by atoms with E-state index in [1.54, 1.807) is 0 Å². The van der Waals surface area contributed by atoms with E-state index in [-0.39, 0.29) is 24.4 Å². The number of unbranched alkanes of at least 4 members (excludes halogenated alkanes) is 8. The quantitative estimate of drug-likeness (QED) is 0.210. The molecule has 0 bridgehead atoms. The Morgan fingerprint density at radius 3 is 2.00 bits per heavy atom. The molecule has 0 fully saturated rings. The number of allylic oxidation sites excluding steroid dienone is 1. The molecule has 1 amide bonds. The average Bonchev–Trinajstić information content (AvgIpc) is 2.59. The maximum absolute atomic E-state index is 10.6. The Balaban J connectivity index is -0.000000721. The molecule has 3 N–H and O–H groups in total. The smallest absolute Gasteiger partial charge is 0.217 e. The summed E-state index contributed by atoms with van der Waals surface area (Å²) >= 11 is 0. The van der Waals surface area contributed by atoms with Gasteiger partial charge in [0.15, 0.2) is 0 Å². The summed E-state index contributed by atoms with van der Waals surface area (Å²) in [7, 11) is 6.64. The van der Waals surface area contributed by atoms with Crippen LogP contribution in [0.15, 0.2) is 12.2 Å². The Morgan fingerprint density at radius 1 is 0.897 bits per heavy atom. The van der Waals surface area contributed by atoms with Gasteiger partial charge in [0.25, 0.3) is 0 Å². The average molecular weight is 435 g/mol. The highest BCUT2D eigenvalue weighted by Crippen LogP contribution is 2.10. The van der Waals surface area contributed by atoms with Crippen molar-refractivity contribution in [1.82, 2.24) is 0 Å². The van der Waals surface area contributed by atoms with Crippen molar-refractivity contribution < 1.29 is 26.8 Å². The van der Waals surface area contributed by atoms with E-state index in [1.165, 1.54) is 51.5 Å². The molecule has 29 heavy (non-hydrogen) atoms. The van der Waals surface area contributed by atoms with E-state index in [1.807, 2.05) is 0 Å². The zero-order valence-corrected chi connectivity index (χ0v) is 20.9. The number of hydrogen-bond acceptors (Lipinski definition) is 2. The third-order valence-corrected chi connectivity index (χ3v) is 4.65. The van der Waals surface area contributed by atoms with Crippen molar-refractivity contribution in [3.63, 3.8) is 0 Å². The van der Waals surface area contributed by atoms with Crippen LogP contribution in [-0.2, 0) is 4.79 Å². The zero-order chi connectivity index (χ0) is 21.7. The van der Waals surface area contributed by atoms with Crippen molar-refractivity contribution in [2.45, 2.75) is 110 Å². The summed E-state index contributed by atoms with van der Waals surface area (Å²) in [5.74, 6) is -0.189. The number of hydrogen-bond donors (Lipinski definition) is 2. The molecule has 176 valence electrons. The number of nitrogens with zero attached hydrogens (tertiary/aromatic N) is 1. The van der Waals surface area contributed by atoms with E-state index in [4.69, 9.17) is 5.73 Å². The number of nitrogens with two attached hydrogens (primary N) is 1. The van der Waals surface area contributed by atoms with Gasteiger partial charge in [0.1, 0.15) is 0 Å². The third kappa shape index (κ3) is 35.2. The molecule has 0 aliphatic carbocycles. The van der Waals surface area contributed by atoms with Gasteiger partial charge in [0.05, 0.1) is 33.8 Å². The summed E-state index contributed by atoms with van der Waals surface area (Å²) in [4.78, 5) is 10.6. The lowest BCUT2D eigenvalue weighted by Gasteiger charge is -2.22. The predicted octanol–water partition coefficient (Wildman–Crippen LogP) is 2.59. The normalized spacial score (nSPS) is 12.2. The molecule has 0 aromatic rings. The highest BCUT2D eigenvalue weighted by atomic mass is 35.5. The fourth-order valence-electron chi connectivity index (χ4n) is 3.06. The van der Waals surface area contributed by atoms with E-state index in [0.717, 1.165) is 43.0 Å². The molecule has 0 saturated carbocycles. The second-order valence-electron chi connectivity index (χ2n) is 9.00. The van der Waals surface area contributed by atoms with Crippen LogP contribution in [0.5, 0.6) is 0 Å². The molecule has 0 heterocycles. The van der Waals surface area contributed by atoms with E-state index in [9.17, 15) is 9.90 Å². The highest BCUT2D eigenvalue weighted by Gasteiger charge is 2.01. The first-order chi connectivity index (χ1) is 13.2.